The van der Waals surface area contributed by atoms with Crippen molar-refractivity contribution in [2.24, 2.45) is 0 Å². The normalized spacial score (nSPS) is 12.1. The summed E-state index contributed by atoms with van der Waals surface area (Å²) in [5.74, 6) is 0.310. The maximum atomic E-state index is 12.0. The van der Waals surface area contributed by atoms with Crippen molar-refractivity contribution in [2.45, 2.75) is 32.9 Å². The van der Waals surface area contributed by atoms with Gasteiger partial charge in [0, 0.05) is 12.7 Å². The quantitative estimate of drug-likeness (QED) is 0.815. The Labute approximate surface area is 115 Å². The Hall–Kier alpha value is -2.51. The van der Waals surface area contributed by atoms with Gasteiger partial charge in [-0.25, -0.2) is 4.98 Å². The van der Waals surface area contributed by atoms with Crippen LogP contribution in [0.1, 0.15) is 42.6 Å². The highest BCUT2D eigenvalue weighted by Crippen LogP contribution is 2.10. The number of aromatic amines is 1. The lowest BCUT2D eigenvalue weighted by Gasteiger charge is -2.14. The number of carbonyl (C=O) groups is 1. The maximum Gasteiger partial charge on any atom is 0.271 e. The summed E-state index contributed by atoms with van der Waals surface area (Å²) in [6.07, 6.45) is 4.94. The van der Waals surface area contributed by atoms with Crippen molar-refractivity contribution in [1.82, 2.24) is 30.0 Å². The van der Waals surface area contributed by atoms with Crippen LogP contribution in [0.2, 0.25) is 0 Å². The van der Waals surface area contributed by atoms with Crippen molar-refractivity contribution >= 4 is 5.91 Å². The van der Waals surface area contributed by atoms with Gasteiger partial charge in [-0.3, -0.25) is 9.59 Å². The Morgan fingerprint density at radius 3 is 3.00 bits per heavy atom. The Kier molecular flexibility index (Phi) is 4.24. The zero-order valence-corrected chi connectivity index (χ0v) is 11.3. The smallest absolute Gasteiger partial charge is 0.271 e. The van der Waals surface area contributed by atoms with Crippen molar-refractivity contribution in [3.05, 3.63) is 40.6 Å². The molecular formula is C12H16N6O2. The van der Waals surface area contributed by atoms with E-state index in [1.54, 1.807) is 6.33 Å². The number of hydrogen-bond acceptors (Lipinski definition) is 5. The summed E-state index contributed by atoms with van der Waals surface area (Å²) in [5, 5.41) is 10.6. The lowest BCUT2D eigenvalue weighted by Crippen LogP contribution is -2.30. The molecule has 20 heavy (non-hydrogen) atoms. The molecule has 0 aliphatic rings. The van der Waals surface area contributed by atoms with E-state index < -0.39 is 0 Å². The number of aromatic nitrogens is 5. The fourth-order valence-electron chi connectivity index (χ4n) is 1.81. The van der Waals surface area contributed by atoms with E-state index in [9.17, 15) is 9.59 Å². The molecule has 0 aliphatic heterocycles. The number of nitrogens with one attached hydrogen (secondary N) is 2. The van der Waals surface area contributed by atoms with Gasteiger partial charge < -0.3 is 14.9 Å². The molecule has 0 bridgehead atoms. The van der Waals surface area contributed by atoms with E-state index >= 15 is 0 Å². The van der Waals surface area contributed by atoms with Crippen LogP contribution in [0.3, 0.4) is 0 Å². The van der Waals surface area contributed by atoms with E-state index in [2.05, 4.69) is 32.4 Å². The molecule has 0 unspecified atom stereocenters. The Morgan fingerprint density at radius 1 is 1.55 bits per heavy atom. The first kappa shape index (κ1) is 13.9. The van der Waals surface area contributed by atoms with Gasteiger partial charge in [0.1, 0.15) is 12.0 Å². The summed E-state index contributed by atoms with van der Waals surface area (Å²) in [6, 6.07) is -0.301. The van der Waals surface area contributed by atoms with Crippen LogP contribution >= 0.6 is 0 Å². The number of hydrogen-bond donors (Lipinski definition) is 2. The summed E-state index contributed by atoms with van der Waals surface area (Å²) < 4.78 is 1.89. The fourth-order valence-corrected chi connectivity index (χ4v) is 1.81. The first-order chi connectivity index (χ1) is 9.61. The van der Waals surface area contributed by atoms with Gasteiger partial charge in [0.05, 0.1) is 12.2 Å². The van der Waals surface area contributed by atoms with E-state index in [0.717, 1.165) is 19.2 Å². The molecule has 8 heteroatoms. The fraction of sp³-hybridized carbons (Fsp3) is 0.417. The summed E-state index contributed by atoms with van der Waals surface area (Å²) in [7, 11) is 0. The highest BCUT2D eigenvalue weighted by molar-refractivity contribution is 5.92. The van der Waals surface area contributed by atoms with Crippen LogP contribution in [-0.4, -0.2) is 30.6 Å². The van der Waals surface area contributed by atoms with Crippen molar-refractivity contribution in [1.29, 1.82) is 0 Å². The summed E-state index contributed by atoms with van der Waals surface area (Å²) in [4.78, 5) is 29.1. The van der Waals surface area contributed by atoms with Gasteiger partial charge >= 0.3 is 0 Å². The summed E-state index contributed by atoms with van der Waals surface area (Å²) in [5.41, 5.74) is -0.199. The molecule has 1 atom stereocenters. The highest BCUT2D eigenvalue weighted by Gasteiger charge is 2.17. The molecule has 0 spiro atoms. The zero-order valence-electron chi connectivity index (χ0n) is 11.3. The first-order valence-electron chi connectivity index (χ1n) is 6.35. The number of carbonyl (C=O) groups excluding carboxylic acids is 1. The van der Waals surface area contributed by atoms with Crippen LogP contribution in [0.25, 0.3) is 0 Å². The van der Waals surface area contributed by atoms with Gasteiger partial charge in [-0.05, 0) is 13.3 Å². The largest absolute Gasteiger partial charge is 0.341 e. The molecular weight excluding hydrogens is 260 g/mol. The molecule has 0 saturated heterocycles. The average Bonchev–Trinajstić information content (AvgIpc) is 2.88. The van der Waals surface area contributed by atoms with Crippen LogP contribution < -0.4 is 10.9 Å². The highest BCUT2D eigenvalue weighted by atomic mass is 16.2. The molecule has 2 N–H and O–H groups in total. The molecule has 0 aliphatic carbocycles. The Balaban J connectivity index is 2.08. The van der Waals surface area contributed by atoms with E-state index in [1.807, 2.05) is 11.5 Å². The molecule has 2 rings (SSSR count). The molecule has 2 aromatic heterocycles. The van der Waals surface area contributed by atoms with E-state index in [4.69, 9.17) is 0 Å². The van der Waals surface area contributed by atoms with Gasteiger partial charge in [-0.1, -0.05) is 6.92 Å². The molecule has 0 aromatic carbocycles. The molecule has 1 amide bonds. The maximum absolute atomic E-state index is 12.0. The number of aryl methyl sites for hydroxylation is 1. The second kappa shape index (κ2) is 6.09. The SMILES string of the molecule is CCCn1cnnc1[C@@H](C)NC(=O)c1c[nH]c(=O)cn1. The van der Waals surface area contributed by atoms with E-state index in [1.165, 1.54) is 6.20 Å². The molecule has 0 fully saturated rings. The topological polar surface area (TPSA) is 106 Å². The van der Waals surface area contributed by atoms with Crippen molar-refractivity contribution in [3.8, 4) is 0 Å². The van der Waals surface area contributed by atoms with Crippen LogP contribution in [0, 0.1) is 0 Å². The van der Waals surface area contributed by atoms with E-state index in [0.29, 0.717) is 5.82 Å². The number of H-pyrrole nitrogens is 1. The Bertz CT molecular complexity index is 627. The number of nitrogens with zero attached hydrogens (tertiary/aromatic N) is 4. The lowest BCUT2D eigenvalue weighted by atomic mass is 10.3. The van der Waals surface area contributed by atoms with Gasteiger partial charge in [0.2, 0.25) is 0 Å². The van der Waals surface area contributed by atoms with Gasteiger partial charge in [-0.2, -0.15) is 0 Å². The summed E-state index contributed by atoms with van der Waals surface area (Å²) in [6.45, 7) is 4.66. The van der Waals surface area contributed by atoms with Crippen molar-refractivity contribution < 1.29 is 4.79 Å². The van der Waals surface area contributed by atoms with Crippen LogP contribution in [0.5, 0.6) is 0 Å². The summed E-state index contributed by atoms with van der Waals surface area (Å²) >= 11 is 0. The van der Waals surface area contributed by atoms with Crippen LogP contribution in [-0.2, 0) is 6.54 Å². The number of amides is 1. The van der Waals surface area contributed by atoms with Crippen molar-refractivity contribution in [2.75, 3.05) is 0 Å². The predicted molar refractivity (Wildman–Crippen MR) is 71.1 cm³/mol. The minimum atomic E-state index is -0.375. The van der Waals surface area contributed by atoms with Crippen LogP contribution in [0.15, 0.2) is 23.5 Å². The van der Waals surface area contributed by atoms with Crippen LogP contribution in [0.4, 0.5) is 0 Å². The average molecular weight is 276 g/mol. The predicted octanol–water partition coefficient (Wildman–Crippen LogP) is 0.262. The van der Waals surface area contributed by atoms with Gasteiger partial charge in [-0.15, -0.1) is 10.2 Å². The van der Waals surface area contributed by atoms with Crippen molar-refractivity contribution in [3.63, 3.8) is 0 Å². The zero-order chi connectivity index (χ0) is 14.5. The second-order valence-electron chi connectivity index (χ2n) is 4.37. The third-order valence-corrected chi connectivity index (χ3v) is 2.75. The number of rotatable bonds is 5. The molecule has 8 nitrogen and oxygen atoms in total. The van der Waals surface area contributed by atoms with Gasteiger partial charge in [0.15, 0.2) is 5.82 Å². The van der Waals surface area contributed by atoms with Gasteiger partial charge in [0.25, 0.3) is 11.5 Å². The third kappa shape index (κ3) is 3.08. The molecule has 2 aromatic rings. The standard InChI is InChI=1S/C12H16N6O2/c1-3-4-18-7-15-17-11(18)8(2)16-12(20)9-5-14-10(19)6-13-9/h5-8H,3-4H2,1-2H3,(H,14,19)(H,16,20)/t8-/m1/s1. The first-order valence-corrected chi connectivity index (χ1v) is 6.35. The molecule has 106 valence electrons. The molecule has 2 heterocycles. The monoisotopic (exact) mass is 276 g/mol. The minimum absolute atomic E-state index is 0.151. The molecule has 0 radical (unpaired) electrons. The second-order valence-corrected chi connectivity index (χ2v) is 4.37. The third-order valence-electron chi connectivity index (χ3n) is 2.75. The van der Waals surface area contributed by atoms with E-state index in [-0.39, 0.29) is 23.2 Å². The lowest BCUT2D eigenvalue weighted by molar-refractivity contribution is 0.0932. The minimum Gasteiger partial charge on any atom is -0.341 e. The molecule has 0 saturated carbocycles. The Morgan fingerprint density at radius 2 is 2.35 bits per heavy atom.